The van der Waals surface area contributed by atoms with Crippen LogP contribution in [-0.4, -0.2) is 35.7 Å². The fraction of sp³-hybridized carbons (Fsp3) is 0.533. The molecule has 0 unspecified atom stereocenters. The number of nitrogens with one attached hydrogen (secondary N) is 1. The molecule has 1 saturated heterocycles. The van der Waals surface area contributed by atoms with Crippen LogP contribution >= 0.6 is 0 Å². The third-order valence-electron chi connectivity index (χ3n) is 3.06. The van der Waals surface area contributed by atoms with E-state index in [1.165, 1.54) is 6.07 Å². The van der Waals surface area contributed by atoms with E-state index in [1.807, 2.05) is 20.8 Å². The molecule has 0 atom stereocenters. The molecule has 4 nitrogen and oxygen atoms in total. The summed E-state index contributed by atoms with van der Waals surface area (Å²) < 4.78 is 18.4. The van der Waals surface area contributed by atoms with Gasteiger partial charge in [-0.3, -0.25) is 0 Å². The summed E-state index contributed by atoms with van der Waals surface area (Å²) in [6.07, 6.45) is -0.286. The lowest BCUT2D eigenvalue weighted by Gasteiger charge is -2.40. The van der Waals surface area contributed by atoms with Crippen molar-refractivity contribution in [2.75, 3.05) is 18.4 Å². The molecule has 0 radical (unpaired) electrons. The number of hydrogen-bond donors (Lipinski definition) is 1. The minimum absolute atomic E-state index is 0.187. The first-order valence-corrected chi connectivity index (χ1v) is 6.75. The fourth-order valence-electron chi connectivity index (χ4n) is 2.02. The van der Waals surface area contributed by atoms with Crippen molar-refractivity contribution in [2.24, 2.45) is 0 Å². The zero-order valence-corrected chi connectivity index (χ0v) is 12.4. The third kappa shape index (κ3) is 3.62. The average Bonchev–Trinajstić information content (AvgIpc) is 2.25. The Kier molecular flexibility index (Phi) is 3.88. The SMILES string of the molecule is Cc1cc(NC2CN(C(=O)OC(C)(C)C)C2)ccc1F. The summed E-state index contributed by atoms with van der Waals surface area (Å²) in [5, 5.41) is 3.28. The first kappa shape index (κ1) is 14.6. The maximum absolute atomic E-state index is 13.2. The highest BCUT2D eigenvalue weighted by Gasteiger charge is 2.33. The summed E-state index contributed by atoms with van der Waals surface area (Å²) >= 11 is 0. The van der Waals surface area contributed by atoms with Crippen LogP contribution < -0.4 is 5.32 Å². The van der Waals surface area contributed by atoms with Gasteiger partial charge in [-0.1, -0.05) is 0 Å². The van der Waals surface area contributed by atoms with Crippen LogP contribution in [-0.2, 0) is 4.74 Å². The minimum Gasteiger partial charge on any atom is -0.444 e. The highest BCUT2D eigenvalue weighted by atomic mass is 19.1. The topological polar surface area (TPSA) is 41.6 Å². The lowest BCUT2D eigenvalue weighted by atomic mass is 10.1. The number of anilines is 1. The molecule has 0 aromatic heterocycles. The molecule has 5 heteroatoms. The van der Waals surface area contributed by atoms with Gasteiger partial charge in [-0.15, -0.1) is 0 Å². The first-order chi connectivity index (χ1) is 9.24. The van der Waals surface area contributed by atoms with E-state index in [0.29, 0.717) is 18.7 Å². The van der Waals surface area contributed by atoms with Gasteiger partial charge < -0.3 is 15.0 Å². The smallest absolute Gasteiger partial charge is 0.410 e. The molecule has 1 aliphatic rings. The summed E-state index contributed by atoms with van der Waals surface area (Å²) in [5.41, 5.74) is 1.01. The highest BCUT2D eigenvalue weighted by molar-refractivity contribution is 5.69. The van der Waals surface area contributed by atoms with Gasteiger partial charge in [0.2, 0.25) is 0 Å². The van der Waals surface area contributed by atoms with Crippen LogP contribution in [0.1, 0.15) is 26.3 Å². The second kappa shape index (κ2) is 5.31. The molecule has 0 saturated carbocycles. The quantitative estimate of drug-likeness (QED) is 0.904. The molecule has 20 heavy (non-hydrogen) atoms. The van der Waals surface area contributed by atoms with Crippen LogP contribution in [0.25, 0.3) is 0 Å². The van der Waals surface area contributed by atoms with Crippen LogP contribution in [0.5, 0.6) is 0 Å². The Hall–Kier alpha value is -1.78. The van der Waals surface area contributed by atoms with Crippen LogP contribution in [0.3, 0.4) is 0 Å². The molecular formula is C15H21FN2O2. The fourth-order valence-corrected chi connectivity index (χ4v) is 2.02. The molecule has 1 N–H and O–H groups in total. The summed E-state index contributed by atoms with van der Waals surface area (Å²) in [7, 11) is 0. The molecule has 1 aromatic rings. The van der Waals surface area contributed by atoms with Crippen molar-refractivity contribution in [1.82, 2.24) is 4.90 Å². The number of aryl methyl sites for hydroxylation is 1. The zero-order valence-electron chi connectivity index (χ0n) is 12.4. The minimum atomic E-state index is -0.469. The Morgan fingerprint density at radius 3 is 2.60 bits per heavy atom. The number of nitrogens with zero attached hydrogens (tertiary/aromatic N) is 1. The molecular weight excluding hydrogens is 259 g/mol. The third-order valence-corrected chi connectivity index (χ3v) is 3.06. The Morgan fingerprint density at radius 1 is 1.40 bits per heavy atom. The Morgan fingerprint density at radius 2 is 2.05 bits per heavy atom. The lowest BCUT2D eigenvalue weighted by molar-refractivity contribution is 0.0105. The summed E-state index contributed by atoms with van der Waals surface area (Å²) in [5.74, 6) is -0.209. The van der Waals surface area contributed by atoms with Crippen molar-refractivity contribution in [3.8, 4) is 0 Å². The van der Waals surface area contributed by atoms with Crippen molar-refractivity contribution < 1.29 is 13.9 Å². The van der Waals surface area contributed by atoms with E-state index in [9.17, 15) is 9.18 Å². The van der Waals surface area contributed by atoms with Crippen LogP contribution in [0.2, 0.25) is 0 Å². The van der Waals surface area contributed by atoms with E-state index in [1.54, 1.807) is 24.0 Å². The molecule has 0 aliphatic carbocycles. The van der Waals surface area contributed by atoms with Crippen LogP contribution in [0, 0.1) is 12.7 Å². The van der Waals surface area contributed by atoms with E-state index in [4.69, 9.17) is 4.74 Å². The van der Waals surface area contributed by atoms with Crippen molar-refractivity contribution in [1.29, 1.82) is 0 Å². The molecule has 1 aromatic carbocycles. The van der Waals surface area contributed by atoms with Gasteiger partial charge in [0.25, 0.3) is 0 Å². The molecule has 1 aliphatic heterocycles. The number of carbonyl (C=O) groups excluding carboxylic acids is 1. The van der Waals surface area contributed by atoms with Gasteiger partial charge in [0.1, 0.15) is 11.4 Å². The number of amides is 1. The number of hydrogen-bond acceptors (Lipinski definition) is 3. The van der Waals surface area contributed by atoms with Gasteiger partial charge in [-0.2, -0.15) is 0 Å². The number of halogens is 1. The standard InChI is InChI=1S/C15H21FN2O2/c1-10-7-11(5-6-13(10)16)17-12-8-18(9-12)14(19)20-15(2,3)4/h5-7,12,17H,8-9H2,1-4H3. The monoisotopic (exact) mass is 280 g/mol. The van der Waals surface area contributed by atoms with Crippen molar-refractivity contribution in [2.45, 2.75) is 39.3 Å². The Balaban J connectivity index is 1.82. The largest absolute Gasteiger partial charge is 0.444 e. The molecule has 2 rings (SSSR count). The molecule has 1 amide bonds. The summed E-state index contributed by atoms with van der Waals surface area (Å²) in [6, 6.07) is 5.11. The van der Waals surface area contributed by atoms with E-state index < -0.39 is 5.60 Å². The van der Waals surface area contributed by atoms with E-state index in [2.05, 4.69) is 5.32 Å². The molecule has 0 spiro atoms. The average molecular weight is 280 g/mol. The molecule has 110 valence electrons. The number of likely N-dealkylation sites (tertiary alicyclic amines) is 1. The maximum atomic E-state index is 13.2. The van der Waals surface area contributed by atoms with Gasteiger partial charge in [0, 0.05) is 18.8 Å². The van der Waals surface area contributed by atoms with E-state index >= 15 is 0 Å². The molecule has 0 bridgehead atoms. The highest BCUT2D eigenvalue weighted by Crippen LogP contribution is 2.20. The van der Waals surface area contributed by atoms with E-state index in [0.717, 1.165) is 5.69 Å². The van der Waals surface area contributed by atoms with Crippen LogP contribution in [0.15, 0.2) is 18.2 Å². The Bertz CT molecular complexity index is 505. The second-order valence-corrected chi connectivity index (χ2v) is 6.19. The van der Waals surface area contributed by atoms with Gasteiger partial charge in [-0.05, 0) is 51.5 Å². The number of rotatable bonds is 2. The zero-order chi connectivity index (χ0) is 14.9. The first-order valence-electron chi connectivity index (χ1n) is 6.75. The Labute approximate surface area is 118 Å². The normalized spacial score (nSPS) is 15.8. The maximum Gasteiger partial charge on any atom is 0.410 e. The second-order valence-electron chi connectivity index (χ2n) is 6.19. The van der Waals surface area contributed by atoms with Crippen molar-refractivity contribution >= 4 is 11.8 Å². The van der Waals surface area contributed by atoms with Gasteiger partial charge in [0.05, 0.1) is 6.04 Å². The van der Waals surface area contributed by atoms with Gasteiger partial charge in [0.15, 0.2) is 0 Å². The number of ether oxygens (including phenoxy) is 1. The predicted octanol–water partition coefficient (Wildman–Crippen LogP) is 3.17. The van der Waals surface area contributed by atoms with E-state index in [-0.39, 0.29) is 18.0 Å². The predicted molar refractivity (Wildman–Crippen MR) is 76.4 cm³/mol. The van der Waals surface area contributed by atoms with Gasteiger partial charge >= 0.3 is 6.09 Å². The van der Waals surface area contributed by atoms with Crippen molar-refractivity contribution in [3.63, 3.8) is 0 Å². The van der Waals surface area contributed by atoms with Crippen LogP contribution in [0.4, 0.5) is 14.9 Å². The number of benzene rings is 1. The summed E-state index contributed by atoms with van der Waals surface area (Å²) in [4.78, 5) is 13.4. The van der Waals surface area contributed by atoms with Gasteiger partial charge in [-0.25, -0.2) is 9.18 Å². The molecule has 1 heterocycles. The number of carbonyl (C=O) groups is 1. The lowest BCUT2D eigenvalue weighted by Crippen LogP contribution is -2.57. The summed E-state index contributed by atoms with van der Waals surface area (Å²) in [6.45, 7) is 8.48. The van der Waals surface area contributed by atoms with Crippen molar-refractivity contribution in [3.05, 3.63) is 29.6 Å². The molecule has 1 fully saturated rings.